The maximum atomic E-state index is 12.4. The van der Waals surface area contributed by atoms with Gasteiger partial charge < -0.3 is 10.4 Å². The van der Waals surface area contributed by atoms with Gasteiger partial charge in [0, 0.05) is 29.9 Å². The lowest BCUT2D eigenvalue weighted by Crippen LogP contribution is -2.37. The van der Waals surface area contributed by atoms with Gasteiger partial charge in [-0.05, 0) is 42.3 Å². The number of carbonyl (C=O) groups excluding carboxylic acids is 1. The van der Waals surface area contributed by atoms with Gasteiger partial charge in [0.25, 0.3) is 5.91 Å². The summed E-state index contributed by atoms with van der Waals surface area (Å²) < 4.78 is 0. The molecular weight excluding hydrogens is 304 g/mol. The third-order valence-corrected chi connectivity index (χ3v) is 4.92. The van der Waals surface area contributed by atoms with Crippen molar-refractivity contribution in [1.29, 1.82) is 0 Å². The normalized spacial score (nSPS) is 16.7. The van der Waals surface area contributed by atoms with Crippen LogP contribution in [0.4, 0.5) is 0 Å². The number of carboxylic acid groups (broad SMARTS) is 1. The van der Waals surface area contributed by atoms with E-state index < -0.39 is 11.9 Å². The molecule has 1 aliphatic rings. The smallest absolute Gasteiger partial charge is 0.308 e. The molecule has 5 nitrogen and oxygen atoms in total. The molecule has 1 heterocycles. The third kappa shape index (κ3) is 3.72. The molecule has 1 aromatic carbocycles. The van der Waals surface area contributed by atoms with E-state index in [0.717, 1.165) is 36.5 Å². The van der Waals surface area contributed by atoms with Crippen LogP contribution in [0, 0.1) is 11.8 Å². The van der Waals surface area contributed by atoms with E-state index in [1.165, 1.54) is 6.42 Å². The van der Waals surface area contributed by atoms with E-state index in [2.05, 4.69) is 10.3 Å². The largest absolute Gasteiger partial charge is 0.481 e. The topological polar surface area (TPSA) is 79.3 Å². The highest BCUT2D eigenvalue weighted by Gasteiger charge is 2.29. The van der Waals surface area contributed by atoms with Crippen LogP contribution in [0.3, 0.4) is 0 Å². The number of carbonyl (C=O) groups is 2. The number of aromatic nitrogens is 1. The molecule has 0 spiro atoms. The summed E-state index contributed by atoms with van der Waals surface area (Å²) in [5.74, 6) is -1.39. The number of benzene rings is 1. The number of nitrogens with one attached hydrogen (secondary N) is 1. The first-order valence-electron chi connectivity index (χ1n) is 8.50. The van der Waals surface area contributed by atoms with E-state index in [9.17, 15) is 14.7 Å². The number of fused-ring (bicyclic) bond motifs is 1. The summed E-state index contributed by atoms with van der Waals surface area (Å²) in [6.45, 7) is 0.184. The lowest BCUT2D eigenvalue weighted by atomic mass is 9.80. The average Bonchev–Trinajstić information content (AvgIpc) is 2.62. The van der Waals surface area contributed by atoms with E-state index in [1.54, 1.807) is 24.5 Å². The summed E-state index contributed by atoms with van der Waals surface area (Å²) in [7, 11) is 0. The van der Waals surface area contributed by atoms with Crippen LogP contribution in [0.25, 0.3) is 10.8 Å². The van der Waals surface area contributed by atoms with Crippen LogP contribution in [0.5, 0.6) is 0 Å². The summed E-state index contributed by atoms with van der Waals surface area (Å²) in [5.41, 5.74) is 0.531. The Hall–Kier alpha value is -2.43. The van der Waals surface area contributed by atoms with Crippen molar-refractivity contribution in [3.8, 4) is 0 Å². The van der Waals surface area contributed by atoms with Crippen molar-refractivity contribution in [3.63, 3.8) is 0 Å². The van der Waals surface area contributed by atoms with Crippen LogP contribution in [0.2, 0.25) is 0 Å². The molecule has 1 aliphatic carbocycles. The maximum absolute atomic E-state index is 12.4. The van der Waals surface area contributed by atoms with Gasteiger partial charge in [-0.25, -0.2) is 0 Å². The monoisotopic (exact) mass is 326 g/mol. The second kappa shape index (κ2) is 7.43. The molecule has 0 bridgehead atoms. The SMILES string of the molecule is O=C(NCC(C(=O)O)C1CCCCC1)c1ccc2ccncc2c1. The number of amides is 1. The van der Waals surface area contributed by atoms with E-state index >= 15 is 0 Å². The number of carboxylic acids is 1. The zero-order valence-corrected chi connectivity index (χ0v) is 13.6. The van der Waals surface area contributed by atoms with Crippen LogP contribution in [0.15, 0.2) is 36.7 Å². The van der Waals surface area contributed by atoms with E-state index in [4.69, 9.17) is 0 Å². The zero-order valence-electron chi connectivity index (χ0n) is 13.6. The van der Waals surface area contributed by atoms with Gasteiger partial charge in [0.2, 0.25) is 0 Å². The zero-order chi connectivity index (χ0) is 16.9. The fraction of sp³-hybridized carbons (Fsp3) is 0.421. The lowest BCUT2D eigenvalue weighted by molar-refractivity contribution is -0.143. The van der Waals surface area contributed by atoms with Gasteiger partial charge in [0.15, 0.2) is 0 Å². The Morgan fingerprint density at radius 2 is 1.96 bits per heavy atom. The molecule has 0 saturated heterocycles. The Bertz CT molecular complexity index is 738. The molecule has 2 aromatic rings. The van der Waals surface area contributed by atoms with Gasteiger partial charge in [0.1, 0.15) is 0 Å². The minimum Gasteiger partial charge on any atom is -0.481 e. The summed E-state index contributed by atoms with van der Waals surface area (Å²) >= 11 is 0. The van der Waals surface area contributed by atoms with Crippen molar-refractivity contribution in [2.24, 2.45) is 11.8 Å². The molecule has 1 fully saturated rings. The summed E-state index contributed by atoms with van der Waals surface area (Å²) in [5, 5.41) is 14.2. The highest BCUT2D eigenvalue weighted by Crippen LogP contribution is 2.30. The minimum atomic E-state index is -0.815. The average molecular weight is 326 g/mol. The van der Waals surface area contributed by atoms with Crippen molar-refractivity contribution >= 4 is 22.6 Å². The Balaban J connectivity index is 1.67. The molecule has 126 valence electrons. The number of rotatable bonds is 5. The van der Waals surface area contributed by atoms with Gasteiger partial charge in [-0.2, -0.15) is 0 Å². The second-order valence-corrected chi connectivity index (χ2v) is 6.49. The van der Waals surface area contributed by atoms with E-state index in [0.29, 0.717) is 5.56 Å². The van der Waals surface area contributed by atoms with Crippen LogP contribution in [-0.4, -0.2) is 28.5 Å². The molecule has 0 aliphatic heterocycles. The summed E-state index contributed by atoms with van der Waals surface area (Å²) in [6, 6.07) is 7.31. The fourth-order valence-corrected chi connectivity index (χ4v) is 3.52. The van der Waals surface area contributed by atoms with Crippen molar-refractivity contribution in [2.75, 3.05) is 6.54 Å². The first-order valence-corrected chi connectivity index (χ1v) is 8.50. The first-order chi connectivity index (χ1) is 11.6. The molecule has 1 saturated carbocycles. The van der Waals surface area contributed by atoms with Crippen LogP contribution < -0.4 is 5.32 Å². The Morgan fingerprint density at radius 3 is 2.71 bits per heavy atom. The number of hydrogen-bond donors (Lipinski definition) is 2. The first kappa shape index (κ1) is 16.4. The molecule has 0 radical (unpaired) electrons. The minimum absolute atomic E-state index is 0.164. The summed E-state index contributed by atoms with van der Waals surface area (Å²) in [4.78, 5) is 28.0. The Morgan fingerprint density at radius 1 is 1.17 bits per heavy atom. The van der Waals surface area contributed by atoms with E-state index in [1.807, 2.05) is 12.1 Å². The predicted molar refractivity (Wildman–Crippen MR) is 91.8 cm³/mol. The second-order valence-electron chi connectivity index (χ2n) is 6.49. The Kier molecular flexibility index (Phi) is 5.08. The number of nitrogens with zero attached hydrogens (tertiary/aromatic N) is 1. The van der Waals surface area contributed by atoms with E-state index in [-0.39, 0.29) is 18.4 Å². The quantitative estimate of drug-likeness (QED) is 0.884. The highest BCUT2D eigenvalue weighted by molar-refractivity contribution is 5.98. The summed E-state index contributed by atoms with van der Waals surface area (Å²) in [6.07, 6.45) is 8.65. The molecule has 24 heavy (non-hydrogen) atoms. The molecule has 1 aromatic heterocycles. The van der Waals surface area contributed by atoms with Crippen LogP contribution in [-0.2, 0) is 4.79 Å². The molecule has 1 unspecified atom stereocenters. The molecule has 2 N–H and O–H groups in total. The number of pyridine rings is 1. The van der Waals surface area contributed by atoms with Crippen LogP contribution >= 0.6 is 0 Å². The highest BCUT2D eigenvalue weighted by atomic mass is 16.4. The van der Waals surface area contributed by atoms with Crippen molar-refractivity contribution < 1.29 is 14.7 Å². The number of aliphatic carboxylic acids is 1. The van der Waals surface area contributed by atoms with Gasteiger partial charge >= 0.3 is 5.97 Å². The molecule has 1 amide bonds. The standard InChI is InChI=1S/C19H22N2O3/c22-18(15-7-6-13-8-9-20-11-16(13)10-15)21-12-17(19(23)24)14-4-2-1-3-5-14/h6-11,14,17H,1-5,12H2,(H,21,22)(H,23,24). The lowest BCUT2D eigenvalue weighted by Gasteiger charge is -2.27. The van der Waals surface area contributed by atoms with Crippen LogP contribution in [0.1, 0.15) is 42.5 Å². The maximum Gasteiger partial charge on any atom is 0.308 e. The molecule has 1 atom stereocenters. The van der Waals surface area contributed by atoms with Gasteiger partial charge in [-0.15, -0.1) is 0 Å². The number of hydrogen-bond acceptors (Lipinski definition) is 3. The van der Waals surface area contributed by atoms with Gasteiger partial charge in [0.05, 0.1) is 5.92 Å². The van der Waals surface area contributed by atoms with Gasteiger partial charge in [-0.3, -0.25) is 14.6 Å². The van der Waals surface area contributed by atoms with Gasteiger partial charge in [-0.1, -0.05) is 25.3 Å². The van der Waals surface area contributed by atoms with Crippen molar-refractivity contribution in [3.05, 3.63) is 42.2 Å². The van der Waals surface area contributed by atoms with Crippen molar-refractivity contribution in [1.82, 2.24) is 10.3 Å². The Labute approximate surface area is 141 Å². The van der Waals surface area contributed by atoms with Crippen molar-refractivity contribution in [2.45, 2.75) is 32.1 Å². The molecule has 3 rings (SSSR count). The fourth-order valence-electron chi connectivity index (χ4n) is 3.52. The molecule has 5 heteroatoms. The predicted octanol–water partition coefficient (Wildman–Crippen LogP) is 3.25. The third-order valence-electron chi connectivity index (χ3n) is 4.92. The molecular formula is C19H22N2O3.